The molecule has 2 fully saturated rings. The van der Waals surface area contributed by atoms with Gasteiger partial charge in [0.15, 0.2) is 0 Å². The van der Waals surface area contributed by atoms with Crippen LogP contribution in [0.5, 0.6) is 0 Å². The Morgan fingerprint density at radius 1 is 1.29 bits per heavy atom. The van der Waals surface area contributed by atoms with Gasteiger partial charge in [0, 0.05) is 6.61 Å². The molecule has 2 amide bonds. The molecule has 1 heterocycles. The average Bonchev–Trinajstić information content (AvgIpc) is 3.07. The Bertz CT molecular complexity index is 359. The number of amides is 2. The lowest BCUT2D eigenvalue weighted by atomic mass is 10.1. The Morgan fingerprint density at radius 2 is 2.06 bits per heavy atom. The van der Waals surface area contributed by atoms with E-state index < -0.39 is 11.8 Å². The van der Waals surface area contributed by atoms with Crippen LogP contribution in [0.2, 0.25) is 0 Å². The van der Waals surface area contributed by atoms with Gasteiger partial charge in [-0.2, -0.15) is 5.26 Å². The molecule has 0 aromatic rings. The highest BCUT2D eigenvalue weighted by molar-refractivity contribution is 6.35. The Kier molecular flexibility index (Phi) is 3.59. The molecule has 2 atom stereocenters. The number of nitrogens with one attached hydrogen (secondary N) is 2. The molecule has 0 radical (unpaired) electrons. The number of nitrogens with zero attached hydrogens (tertiary/aromatic N) is 1. The van der Waals surface area contributed by atoms with E-state index in [1.165, 1.54) is 0 Å². The maximum Gasteiger partial charge on any atom is 0.310 e. The Labute approximate surface area is 99.3 Å². The van der Waals surface area contributed by atoms with E-state index in [0.717, 1.165) is 19.3 Å². The van der Waals surface area contributed by atoms with E-state index in [-0.39, 0.29) is 18.7 Å². The number of hydrogen-bond donors (Lipinski definition) is 2. The molecule has 2 N–H and O–H groups in total. The molecule has 6 heteroatoms. The second kappa shape index (κ2) is 5.15. The summed E-state index contributed by atoms with van der Waals surface area (Å²) in [5.41, 5.74) is 0. The molecular formula is C11H15N3O3. The third kappa shape index (κ3) is 2.94. The van der Waals surface area contributed by atoms with Crippen molar-refractivity contribution in [2.24, 2.45) is 5.92 Å². The van der Waals surface area contributed by atoms with Gasteiger partial charge in [0.2, 0.25) is 0 Å². The van der Waals surface area contributed by atoms with Crippen LogP contribution in [0.3, 0.4) is 0 Å². The van der Waals surface area contributed by atoms with Crippen LogP contribution in [0.1, 0.15) is 19.3 Å². The highest BCUT2D eigenvalue weighted by atomic mass is 16.5. The van der Waals surface area contributed by atoms with Crippen molar-refractivity contribution in [3.8, 4) is 6.07 Å². The second-order valence-electron chi connectivity index (χ2n) is 4.38. The van der Waals surface area contributed by atoms with E-state index in [1.807, 2.05) is 0 Å². The molecule has 1 saturated carbocycles. The first-order chi connectivity index (χ1) is 8.22. The Balaban J connectivity index is 1.81. The van der Waals surface area contributed by atoms with Gasteiger partial charge in [0.05, 0.1) is 18.2 Å². The predicted octanol–water partition coefficient (Wildman–Crippen LogP) is -0.690. The lowest BCUT2D eigenvalue weighted by Crippen LogP contribution is -2.48. The summed E-state index contributed by atoms with van der Waals surface area (Å²) in [6.07, 6.45) is 3.08. The summed E-state index contributed by atoms with van der Waals surface area (Å²) in [6.45, 7) is 0.478. The number of carbonyl (C=O) groups is 2. The van der Waals surface area contributed by atoms with Crippen LogP contribution < -0.4 is 10.6 Å². The predicted molar refractivity (Wildman–Crippen MR) is 57.6 cm³/mol. The lowest BCUT2D eigenvalue weighted by Gasteiger charge is -2.18. The van der Waals surface area contributed by atoms with Crippen LogP contribution >= 0.6 is 0 Å². The van der Waals surface area contributed by atoms with Crippen LogP contribution in [0, 0.1) is 17.2 Å². The highest BCUT2D eigenvalue weighted by Gasteiger charge is 2.41. The van der Waals surface area contributed by atoms with E-state index in [1.54, 1.807) is 6.07 Å². The fourth-order valence-electron chi connectivity index (χ4n) is 2.09. The molecule has 1 aliphatic heterocycles. The largest absolute Gasteiger partial charge is 0.376 e. The fraction of sp³-hybridized carbons (Fsp3) is 0.727. The number of hydrogen-bond acceptors (Lipinski definition) is 4. The van der Waals surface area contributed by atoms with Crippen molar-refractivity contribution >= 4 is 11.8 Å². The zero-order valence-corrected chi connectivity index (χ0v) is 9.44. The summed E-state index contributed by atoms with van der Waals surface area (Å²) in [4.78, 5) is 22.8. The normalized spacial score (nSPS) is 27.2. The van der Waals surface area contributed by atoms with Crippen LogP contribution in [0.15, 0.2) is 0 Å². The van der Waals surface area contributed by atoms with Gasteiger partial charge in [0.1, 0.15) is 6.54 Å². The monoisotopic (exact) mass is 237 g/mol. The minimum Gasteiger partial charge on any atom is -0.376 e. The van der Waals surface area contributed by atoms with Crippen LogP contribution in [-0.2, 0) is 14.3 Å². The van der Waals surface area contributed by atoms with Crippen molar-refractivity contribution in [1.82, 2.24) is 10.6 Å². The third-order valence-corrected chi connectivity index (χ3v) is 3.07. The van der Waals surface area contributed by atoms with Gasteiger partial charge >= 0.3 is 11.8 Å². The van der Waals surface area contributed by atoms with Gasteiger partial charge in [-0.25, -0.2) is 0 Å². The number of ether oxygens (including phenoxy) is 1. The third-order valence-electron chi connectivity index (χ3n) is 3.07. The van der Waals surface area contributed by atoms with E-state index in [2.05, 4.69) is 10.6 Å². The molecule has 1 saturated heterocycles. The molecule has 2 unspecified atom stereocenters. The first kappa shape index (κ1) is 11.9. The fourth-order valence-corrected chi connectivity index (χ4v) is 2.09. The lowest BCUT2D eigenvalue weighted by molar-refractivity contribution is -0.139. The first-order valence-corrected chi connectivity index (χ1v) is 5.79. The smallest absolute Gasteiger partial charge is 0.310 e. The molecule has 0 aromatic carbocycles. The van der Waals surface area contributed by atoms with Gasteiger partial charge in [0.25, 0.3) is 0 Å². The van der Waals surface area contributed by atoms with Gasteiger partial charge in [-0.3, -0.25) is 9.59 Å². The minimum absolute atomic E-state index is 0.0581. The summed E-state index contributed by atoms with van der Waals surface area (Å²) in [5.74, 6) is -0.903. The zero-order chi connectivity index (χ0) is 12.3. The highest BCUT2D eigenvalue weighted by Crippen LogP contribution is 2.38. The van der Waals surface area contributed by atoms with Crippen molar-refractivity contribution < 1.29 is 14.3 Å². The van der Waals surface area contributed by atoms with Gasteiger partial charge < -0.3 is 15.4 Å². The summed E-state index contributed by atoms with van der Waals surface area (Å²) in [7, 11) is 0. The Morgan fingerprint density at radius 3 is 2.71 bits per heavy atom. The molecule has 2 aliphatic rings. The quantitative estimate of drug-likeness (QED) is 0.502. The SMILES string of the molecule is N#CCNC(=O)C(=O)NC1CCOC1C1CC1. The molecule has 0 bridgehead atoms. The van der Waals surface area contributed by atoms with Crippen molar-refractivity contribution in [1.29, 1.82) is 5.26 Å². The van der Waals surface area contributed by atoms with Crippen molar-refractivity contribution in [3.05, 3.63) is 0 Å². The van der Waals surface area contributed by atoms with Crippen LogP contribution in [0.4, 0.5) is 0 Å². The van der Waals surface area contributed by atoms with E-state index in [4.69, 9.17) is 10.00 Å². The molecule has 17 heavy (non-hydrogen) atoms. The molecule has 2 rings (SSSR count). The Hall–Kier alpha value is -1.61. The number of nitriles is 1. The van der Waals surface area contributed by atoms with E-state index >= 15 is 0 Å². The summed E-state index contributed by atoms with van der Waals surface area (Å²) in [6, 6.07) is 1.68. The molecule has 0 aromatic heterocycles. The summed E-state index contributed by atoms with van der Waals surface area (Å²) >= 11 is 0. The van der Waals surface area contributed by atoms with Crippen molar-refractivity contribution in [2.75, 3.05) is 13.2 Å². The molecule has 1 aliphatic carbocycles. The minimum atomic E-state index is -0.756. The standard InChI is InChI=1S/C11H15N3O3/c12-4-5-13-10(15)11(16)14-8-3-6-17-9(8)7-1-2-7/h7-9H,1-3,5-6H2,(H,13,15)(H,14,16). The first-order valence-electron chi connectivity index (χ1n) is 5.79. The topological polar surface area (TPSA) is 91.2 Å². The number of rotatable bonds is 3. The molecule has 0 spiro atoms. The molecule has 6 nitrogen and oxygen atoms in total. The molecular weight excluding hydrogens is 222 g/mol. The maximum absolute atomic E-state index is 11.5. The van der Waals surface area contributed by atoms with Gasteiger partial charge in [-0.05, 0) is 25.2 Å². The van der Waals surface area contributed by atoms with Gasteiger partial charge in [-0.1, -0.05) is 0 Å². The zero-order valence-electron chi connectivity index (χ0n) is 9.44. The maximum atomic E-state index is 11.5. The second-order valence-corrected chi connectivity index (χ2v) is 4.38. The van der Waals surface area contributed by atoms with Crippen LogP contribution in [0.25, 0.3) is 0 Å². The van der Waals surface area contributed by atoms with E-state index in [9.17, 15) is 9.59 Å². The van der Waals surface area contributed by atoms with Crippen molar-refractivity contribution in [2.45, 2.75) is 31.4 Å². The van der Waals surface area contributed by atoms with Crippen molar-refractivity contribution in [3.63, 3.8) is 0 Å². The van der Waals surface area contributed by atoms with E-state index in [0.29, 0.717) is 12.5 Å². The summed E-state index contributed by atoms with van der Waals surface area (Å²) < 4.78 is 5.55. The van der Waals surface area contributed by atoms with Crippen LogP contribution in [-0.4, -0.2) is 37.1 Å². The van der Waals surface area contributed by atoms with Gasteiger partial charge in [-0.15, -0.1) is 0 Å². The number of carbonyl (C=O) groups excluding carboxylic acids is 2. The summed E-state index contributed by atoms with van der Waals surface area (Å²) in [5, 5.41) is 13.2. The average molecular weight is 237 g/mol. The molecule has 92 valence electrons.